The predicted molar refractivity (Wildman–Crippen MR) is 81.4 cm³/mol. The van der Waals surface area contributed by atoms with Crippen molar-refractivity contribution >= 4 is 21.7 Å². The molecule has 5 heteroatoms. The maximum absolute atomic E-state index is 12.7. The fourth-order valence-electron chi connectivity index (χ4n) is 2.71. The van der Waals surface area contributed by atoms with Crippen molar-refractivity contribution in [3.63, 3.8) is 0 Å². The third-order valence-corrected chi connectivity index (χ3v) is 5.17. The van der Waals surface area contributed by atoms with E-state index < -0.39 is 0 Å². The molecule has 0 N–H and O–H groups in total. The number of aromatic nitrogens is 2. The van der Waals surface area contributed by atoms with Crippen LogP contribution in [0.1, 0.15) is 38.1 Å². The molecule has 0 unspecified atom stereocenters. The van der Waals surface area contributed by atoms with Crippen LogP contribution in [0.4, 0.5) is 0 Å². The first-order valence-electron chi connectivity index (χ1n) is 6.68. The first-order valence-corrected chi connectivity index (χ1v) is 7.48. The number of halogens is 1. The summed E-state index contributed by atoms with van der Waals surface area (Å²) < 4.78 is 2.74. The van der Waals surface area contributed by atoms with E-state index in [0.717, 1.165) is 28.7 Å². The summed E-state index contributed by atoms with van der Waals surface area (Å²) in [6.07, 6.45) is 2.06. The van der Waals surface area contributed by atoms with Gasteiger partial charge < -0.3 is 0 Å². The molecule has 0 saturated carbocycles. The van der Waals surface area contributed by atoms with Crippen LogP contribution in [-0.2, 0) is 18.3 Å². The molecule has 0 bridgehead atoms. The molecule has 19 heavy (non-hydrogen) atoms. The largest absolute Gasteiger partial charge is 0.297 e. The number of Topliss-reactive ketones (excluding diaryl/α,β-unsaturated/α-hetero) is 1. The van der Waals surface area contributed by atoms with E-state index in [1.807, 2.05) is 33.0 Å². The van der Waals surface area contributed by atoms with Crippen LogP contribution in [0.5, 0.6) is 0 Å². The number of likely N-dealkylation sites (N-methyl/N-ethyl adjacent to an activating group) is 1. The van der Waals surface area contributed by atoms with Crippen molar-refractivity contribution in [2.45, 2.75) is 45.6 Å². The molecule has 0 saturated heterocycles. The van der Waals surface area contributed by atoms with Gasteiger partial charge in [0, 0.05) is 7.05 Å². The van der Waals surface area contributed by atoms with E-state index in [4.69, 9.17) is 0 Å². The van der Waals surface area contributed by atoms with E-state index in [-0.39, 0.29) is 11.3 Å². The molecule has 0 aliphatic heterocycles. The molecular formula is C14H24BrN3O. The highest BCUT2D eigenvalue weighted by Gasteiger charge is 2.37. The second-order valence-electron chi connectivity index (χ2n) is 5.20. The summed E-state index contributed by atoms with van der Waals surface area (Å²) in [6.45, 7) is 6.09. The van der Waals surface area contributed by atoms with Crippen LogP contribution < -0.4 is 0 Å². The summed E-state index contributed by atoms with van der Waals surface area (Å²) in [4.78, 5) is 14.8. The van der Waals surface area contributed by atoms with Crippen LogP contribution in [-0.4, -0.2) is 40.1 Å². The van der Waals surface area contributed by atoms with Gasteiger partial charge in [0.25, 0.3) is 0 Å². The number of hydrogen-bond donors (Lipinski definition) is 0. The van der Waals surface area contributed by atoms with Crippen LogP contribution >= 0.6 is 15.9 Å². The predicted octanol–water partition coefficient (Wildman–Crippen LogP) is 2.72. The highest BCUT2D eigenvalue weighted by molar-refractivity contribution is 9.10. The highest BCUT2D eigenvalue weighted by Crippen LogP contribution is 2.27. The lowest BCUT2D eigenvalue weighted by Gasteiger charge is -2.37. The Bertz CT molecular complexity index is 462. The monoisotopic (exact) mass is 329 g/mol. The van der Waals surface area contributed by atoms with E-state index in [0.29, 0.717) is 6.42 Å². The second kappa shape index (κ2) is 6.18. The van der Waals surface area contributed by atoms with Crippen LogP contribution in [0.3, 0.4) is 0 Å². The molecule has 4 nitrogen and oxygen atoms in total. The van der Waals surface area contributed by atoms with Crippen LogP contribution in [0.15, 0.2) is 4.47 Å². The lowest BCUT2D eigenvalue weighted by Crippen LogP contribution is -2.51. The summed E-state index contributed by atoms with van der Waals surface area (Å²) >= 11 is 3.53. The number of carbonyl (C=O) groups excluding carboxylic acids is 1. The fraction of sp³-hybridized carbons (Fsp3) is 0.714. The minimum atomic E-state index is -0.377. The van der Waals surface area contributed by atoms with Gasteiger partial charge in [-0.2, -0.15) is 5.10 Å². The van der Waals surface area contributed by atoms with Gasteiger partial charge in [0.2, 0.25) is 0 Å². The van der Waals surface area contributed by atoms with Gasteiger partial charge in [-0.15, -0.1) is 0 Å². The Morgan fingerprint density at radius 1 is 1.37 bits per heavy atom. The SMILES string of the molecule is CCC(CC)(C(=O)Cc1c(Br)c(C)nn1C)N(C)C. The Balaban J connectivity index is 3.07. The van der Waals surface area contributed by atoms with Crippen molar-refractivity contribution in [3.05, 3.63) is 15.9 Å². The third-order valence-electron chi connectivity index (χ3n) is 4.13. The summed E-state index contributed by atoms with van der Waals surface area (Å²) in [5.41, 5.74) is 1.50. The van der Waals surface area contributed by atoms with Crippen molar-refractivity contribution in [2.75, 3.05) is 14.1 Å². The zero-order valence-electron chi connectivity index (χ0n) is 12.7. The van der Waals surface area contributed by atoms with Crippen molar-refractivity contribution in [2.24, 2.45) is 7.05 Å². The maximum Gasteiger partial charge on any atom is 0.158 e. The van der Waals surface area contributed by atoms with Gasteiger partial charge in [0.1, 0.15) is 0 Å². The molecule has 0 aliphatic carbocycles. The van der Waals surface area contributed by atoms with Crippen molar-refractivity contribution < 1.29 is 4.79 Å². The summed E-state index contributed by atoms with van der Waals surface area (Å²) in [5, 5.41) is 4.35. The molecule has 1 aromatic heterocycles. The molecule has 0 amide bonds. The maximum atomic E-state index is 12.7. The lowest BCUT2D eigenvalue weighted by molar-refractivity contribution is -0.129. The minimum absolute atomic E-state index is 0.256. The van der Waals surface area contributed by atoms with Gasteiger partial charge >= 0.3 is 0 Å². The molecule has 0 aliphatic rings. The molecule has 1 heterocycles. The van der Waals surface area contributed by atoms with Gasteiger partial charge in [-0.05, 0) is 49.8 Å². The highest BCUT2D eigenvalue weighted by atomic mass is 79.9. The normalized spacial score (nSPS) is 12.2. The average Bonchev–Trinajstić information content (AvgIpc) is 2.58. The second-order valence-corrected chi connectivity index (χ2v) is 6.00. The Labute approximate surface area is 124 Å². The third kappa shape index (κ3) is 2.92. The molecule has 0 spiro atoms. The smallest absolute Gasteiger partial charge is 0.158 e. The van der Waals surface area contributed by atoms with Crippen molar-refractivity contribution in [3.8, 4) is 0 Å². The van der Waals surface area contributed by atoms with Crippen molar-refractivity contribution in [1.29, 1.82) is 0 Å². The quantitative estimate of drug-likeness (QED) is 0.805. The zero-order valence-corrected chi connectivity index (χ0v) is 14.3. The number of nitrogens with zero attached hydrogens (tertiary/aromatic N) is 3. The van der Waals surface area contributed by atoms with Gasteiger partial charge in [-0.1, -0.05) is 13.8 Å². The number of ketones is 1. The molecule has 0 fully saturated rings. The van der Waals surface area contributed by atoms with E-state index >= 15 is 0 Å². The minimum Gasteiger partial charge on any atom is -0.297 e. The fourth-order valence-corrected chi connectivity index (χ4v) is 3.19. The Morgan fingerprint density at radius 3 is 2.21 bits per heavy atom. The lowest BCUT2D eigenvalue weighted by atomic mass is 9.84. The van der Waals surface area contributed by atoms with Crippen LogP contribution in [0.2, 0.25) is 0 Å². The average molecular weight is 330 g/mol. The molecule has 0 radical (unpaired) electrons. The first-order chi connectivity index (χ1) is 8.80. The van der Waals surface area contributed by atoms with Crippen LogP contribution in [0, 0.1) is 6.92 Å². The topological polar surface area (TPSA) is 38.1 Å². The van der Waals surface area contributed by atoms with E-state index in [1.165, 1.54) is 0 Å². The van der Waals surface area contributed by atoms with Gasteiger partial charge in [0.15, 0.2) is 5.78 Å². The zero-order chi connectivity index (χ0) is 14.8. The summed E-state index contributed by atoms with van der Waals surface area (Å²) in [6, 6.07) is 0. The molecule has 1 rings (SSSR count). The van der Waals surface area contributed by atoms with Gasteiger partial charge in [0.05, 0.1) is 27.8 Å². The summed E-state index contributed by atoms with van der Waals surface area (Å²) in [5.74, 6) is 0.256. The Hall–Kier alpha value is -0.680. The Morgan fingerprint density at radius 2 is 1.89 bits per heavy atom. The first kappa shape index (κ1) is 16.4. The van der Waals surface area contributed by atoms with E-state index in [1.54, 1.807) is 4.68 Å². The number of rotatable bonds is 6. The molecule has 1 aromatic rings. The van der Waals surface area contributed by atoms with Crippen LogP contribution in [0.25, 0.3) is 0 Å². The van der Waals surface area contributed by atoms with Crippen molar-refractivity contribution in [1.82, 2.24) is 14.7 Å². The summed E-state index contributed by atoms with van der Waals surface area (Å²) in [7, 11) is 5.85. The van der Waals surface area contributed by atoms with E-state index in [9.17, 15) is 4.79 Å². The molecule has 0 atom stereocenters. The van der Waals surface area contributed by atoms with Gasteiger partial charge in [-0.25, -0.2) is 0 Å². The standard InChI is InChI=1S/C14H24BrN3O/c1-7-14(8-2,17(4)5)12(19)9-11-13(15)10(3)16-18(11)6/h7-9H2,1-6H3. The molecule has 0 aromatic carbocycles. The molecule has 108 valence electrons. The van der Waals surface area contributed by atoms with E-state index in [2.05, 4.69) is 34.9 Å². The number of hydrogen-bond acceptors (Lipinski definition) is 3. The van der Waals surface area contributed by atoms with Gasteiger partial charge in [-0.3, -0.25) is 14.4 Å². The number of aryl methyl sites for hydroxylation is 2. The number of carbonyl (C=O) groups is 1. The Kier molecular flexibility index (Phi) is 5.33. The molecular weight excluding hydrogens is 306 g/mol.